The molecule has 0 heterocycles. The molecule has 2 nitrogen and oxygen atoms in total. The summed E-state index contributed by atoms with van der Waals surface area (Å²) in [5.41, 5.74) is 4.11. The molecule has 0 saturated heterocycles. The van der Waals surface area contributed by atoms with Gasteiger partial charge in [0.15, 0.2) is 5.78 Å². The molecule has 3 aromatic rings. The number of rotatable bonds is 7. The molecule has 0 atom stereocenters. The zero-order chi connectivity index (χ0) is 18.2. The number of ether oxygens (including phenoxy) is 1. The van der Waals surface area contributed by atoms with Crippen LogP contribution in [0.2, 0.25) is 0 Å². The van der Waals surface area contributed by atoms with Gasteiger partial charge in [-0.25, -0.2) is 0 Å². The van der Waals surface area contributed by atoms with Gasteiger partial charge in [0.2, 0.25) is 0 Å². The van der Waals surface area contributed by atoms with E-state index in [0.29, 0.717) is 11.3 Å². The minimum atomic E-state index is 0.106. The van der Waals surface area contributed by atoms with Gasteiger partial charge in [0.25, 0.3) is 0 Å². The van der Waals surface area contributed by atoms with Crippen molar-refractivity contribution in [3.63, 3.8) is 0 Å². The lowest BCUT2D eigenvalue weighted by molar-refractivity contribution is 0.102. The van der Waals surface area contributed by atoms with E-state index < -0.39 is 0 Å². The van der Waals surface area contributed by atoms with Gasteiger partial charge in [-0.3, -0.25) is 4.79 Å². The molecule has 0 amide bonds. The molecule has 0 N–H and O–H groups in total. The maximum Gasteiger partial charge on any atom is 0.173 e. The van der Waals surface area contributed by atoms with Gasteiger partial charge in [0, 0.05) is 5.56 Å². The van der Waals surface area contributed by atoms with E-state index in [-0.39, 0.29) is 5.78 Å². The molecule has 0 fully saturated rings. The highest BCUT2D eigenvalue weighted by Crippen LogP contribution is 2.26. The Balaban J connectivity index is 1.75. The monoisotopic (exact) mass is 360 g/mol. The van der Waals surface area contributed by atoms with Gasteiger partial charge in [0.05, 0.1) is 12.9 Å². The maximum atomic E-state index is 12.4. The van der Waals surface area contributed by atoms with Crippen molar-refractivity contribution in [2.75, 3.05) is 12.9 Å². The Hall–Kier alpha value is -2.78. The second kappa shape index (κ2) is 9.07. The number of benzene rings is 3. The Labute approximate surface area is 158 Å². The molecule has 3 rings (SSSR count). The van der Waals surface area contributed by atoms with Crippen LogP contribution in [-0.2, 0) is 0 Å². The first kappa shape index (κ1) is 18.0. The van der Waals surface area contributed by atoms with Crippen LogP contribution >= 0.6 is 11.8 Å². The van der Waals surface area contributed by atoms with Gasteiger partial charge < -0.3 is 4.74 Å². The van der Waals surface area contributed by atoms with Crippen molar-refractivity contribution < 1.29 is 9.53 Å². The van der Waals surface area contributed by atoms with Gasteiger partial charge in [0.1, 0.15) is 5.75 Å². The topological polar surface area (TPSA) is 26.3 Å². The molecule has 26 heavy (non-hydrogen) atoms. The van der Waals surface area contributed by atoms with Crippen LogP contribution in [0.4, 0.5) is 0 Å². The number of hydrogen-bond acceptors (Lipinski definition) is 3. The number of hydrogen-bond donors (Lipinski definition) is 0. The highest BCUT2D eigenvalue weighted by molar-refractivity contribution is 8.03. The molecule has 3 heteroatoms. The first-order chi connectivity index (χ1) is 12.8. The molecule has 130 valence electrons. The van der Waals surface area contributed by atoms with Crippen LogP contribution < -0.4 is 4.74 Å². The van der Waals surface area contributed by atoms with Crippen molar-refractivity contribution in [2.24, 2.45) is 0 Å². The van der Waals surface area contributed by atoms with Crippen LogP contribution in [0.15, 0.2) is 90.3 Å². The normalized spacial score (nSPS) is 10.2. The maximum absolute atomic E-state index is 12.4. The minimum absolute atomic E-state index is 0.106. The van der Waals surface area contributed by atoms with Crippen LogP contribution in [0.25, 0.3) is 5.57 Å². The Bertz CT molecular complexity index is 828. The smallest absolute Gasteiger partial charge is 0.173 e. The molecule has 0 radical (unpaired) electrons. The van der Waals surface area contributed by atoms with Crippen LogP contribution in [0.3, 0.4) is 0 Å². The summed E-state index contributed by atoms with van der Waals surface area (Å²) in [5.74, 6) is 1.26. The first-order valence-corrected chi connectivity index (χ1v) is 9.42. The Morgan fingerprint density at radius 1 is 0.808 bits per heavy atom. The molecule has 0 aliphatic rings. The van der Waals surface area contributed by atoms with Crippen molar-refractivity contribution in [1.82, 2.24) is 0 Å². The lowest BCUT2D eigenvalue weighted by Crippen LogP contribution is -2.01. The molecule has 0 aliphatic carbocycles. The first-order valence-electron chi connectivity index (χ1n) is 8.38. The van der Waals surface area contributed by atoms with E-state index in [1.54, 1.807) is 19.2 Å². The summed E-state index contributed by atoms with van der Waals surface area (Å²) >= 11 is 1.52. The van der Waals surface area contributed by atoms with Gasteiger partial charge in [-0.05, 0) is 46.4 Å². The van der Waals surface area contributed by atoms with Crippen LogP contribution in [0.1, 0.15) is 21.5 Å². The number of methoxy groups -OCH3 is 1. The molecule has 3 aromatic carbocycles. The molecular formula is C23H20O2S. The number of thioether (sulfide) groups is 1. The van der Waals surface area contributed by atoms with E-state index in [1.807, 2.05) is 48.5 Å². The molecule has 0 unspecified atom stereocenters. The van der Waals surface area contributed by atoms with Crippen molar-refractivity contribution in [2.45, 2.75) is 0 Å². The third kappa shape index (κ3) is 4.64. The summed E-state index contributed by atoms with van der Waals surface area (Å²) in [4.78, 5) is 12.4. The average molecular weight is 360 g/mol. The predicted octanol–water partition coefficient (Wildman–Crippen LogP) is 5.70. The summed E-state index contributed by atoms with van der Waals surface area (Å²) < 4.78 is 5.13. The zero-order valence-electron chi connectivity index (χ0n) is 14.6. The summed E-state index contributed by atoms with van der Waals surface area (Å²) in [6, 6.07) is 27.7. The fourth-order valence-electron chi connectivity index (χ4n) is 2.60. The Kier molecular flexibility index (Phi) is 6.29. The fourth-order valence-corrected chi connectivity index (χ4v) is 3.44. The van der Waals surface area contributed by atoms with Crippen LogP contribution in [0.5, 0.6) is 5.75 Å². The quantitative estimate of drug-likeness (QED) is 0.506. The van der Waals surface area contributed by atoms with Crippen molar-refractivity contribution >= 4 is 23.1 Å². The fraction of sp³-hybridized carbons (Fsp3) is 0.0870. The van der Waals surface area contributed by atoms with Gasteiger partial charge in [-0.1, -0.05) is 60.7 Å². The molecule has 0 aliphatic heterocycles. The number of carbonyl (C=O) groups is 1. The standard InChI is InChI=1S/C23H20O2S/c1-25-21-14-12-20(13-15-21)23(24)17-26-16-22(18-8-4-2-5-9-18)19-10-6-3-7-11-19/h2-16H,17H2,1H3. The van der Waals surface area contributed by atoms with E-state index in [0.717, 1.165) is 22.4 Å². The molecule has 0 saturated carbocycles. The van der Waals surface area contributed by atoms with Gasteiger partial charge in [-0.15, -0.1) is 11.8 Å². The van der Waals surface area contributed by atoms with Crippen LogP contribution in [0, 0.1) is 0 Å². The van der Waals surface area contributed by atoms with Gasteiger partial charge >= 0.3 is 0 Å². The Morgan fingerprint density at radius 2 is 1.35 bits per heavy atom. The van der Waals surface area contributed by atoms with Crippen molar-refractivity contribution in [3.05, 3.63) is 107 Å². The Morgan fingerprint density at radius 3 is 1.85 bits per heavy atom. The highest BCUT2D eigenvalue weighted by Gasteiger charge is 2.08. The van der Waals surface area contributed by atoms with E-state index in [9.17, 15) is 4.79 Å². The zero-order valence-corrected chi connectivity index (χ0v) is 15.4. The highest BCUT2D eigenvalue weighted by atomic mass is 32.2. The number of carbonyl (C=O) groups excluding carboxylic acids is 1. The lowest BCUT2D eigenvalue weighted by atomic mass is 10.00. The second-order valence-electron chi connectivity index (χ2n) is 5.73. The average Bonchev–Trinajstić information content (AvgIpc) is 2.72. The third-order valence-corrected chi connectivity index (χ3v) is 4.83. The summed E-state index contributed by atoms with van der Waals surface area (Å²) in [6.07, 6.45) is 0. The van der Waals surface area contributed by atoms with Crippen molar-refractivity contribution in [3.8, 4) is 5.75 Å². The second-order valence-corrected chi connectivity index (χ2v) is 6.58. The SMILES string of the molecule is COc1ccc(C(=O)CSC=C(c2ccccc2)c2ccccc2)cc1. The molecule has 0 spiro atoms. The molecular weight excluding hydrogens is 340 g/mol. The van der Waals surface area contributed by atoms with Crippen LogP contribution in [-0.4, -0.2) is 18.6 Å². The number of Topliss-reactive ketones (excluding diaryl/α,β-unsaturated/α-hetero) is 1. The van der Waals surface area contributed by atoms with E-state index in [4.69, 9.17) is 4.74 Å². The summed E-state index contributed by atoms with van der Waals surface area (Å²) in [6.45, 7) is 0. The predicted molar refractivity (Wildman–Crippen MR) is 110 cm³/mol. The molecule has 0 bridgehead atoms. The summed E-state index contributed by atoms with van der Waals surface area (Å²) in [5, 5.41) is 2.08. The molecule has 0 aromatic heterocycles. The lowest BCUT2D eigenvalue weighted by Gasteiger charge is -2.08. The third-order valence-electron chi connectivity index (χ3n) is 4.00. The van der Waals surface area contributed by atoms with E-state index >= 15 is 0 Å². The van der Waals surface area contributed by atoms with E-state index in [2.05, 4.69) is 29.7 Å². The van der Waals surface area contributed by atoms with Crippen molar-refractivity contribution in [1.29, 1.82) is 0 Å². The van der Waals surface area contributed by atoms with Gasteiger partial charge in [-0.2, -0.15) is 0 Å². The summed E-state index contributed by atoms with van der Waals surface area (Å²) in [7, 11) is 1.62. The largest absolute Gasteiger partial charge is 0.497 e. The number of ketones is 1. The minimum Gasteiger partial charge on any atom is -0.497 e. The van der Waals surface area contributed by atoms with E-state index in [1.165, 1.54) is 11.8 Å².